The number of rotatable bonds is 2. The number of hydrogen-bond acceptors (Lipinski definition) is 7. The molecule has 0 spiro atoms. The van der Waals surface area contributed by atoms with E-state index in [0.29, 0.717) is 12.8 Å². The van der Waals surface area contributed by atoms with Crippen molar-refractivity contribution in [3.05, 3.63) is 0 Å². The molecule has 0 bridgehead atoms. The molecule has 7 nitrogen and oxygen atoms in total. The van der Waals surface area contributed by atoms with Gasteiger partial charge in [-0.3, -0.25) is 0 Å². The molecule has 0 amide bonds. The summed E-state index contributed by atoms with van der Waals surface area (Å²) in [6.45, 7) is 3.40. The minimum Gasteiger partial charge on any atom is -0.368 e. The molecular formula is C6H19O7P. The zero-order chi connectivity index (χ0) is 12.1. The average molecular weight is 234 g/mol. The van der Waals surface area contributed by atoms with E-state index in [-0.39, 0.29) is 0 Å². The van der Waals surface area contributed by atoms with Gasteiger partial charge in [0, 0.05) is 0 Å². The van der Waals surface area contributed by atoms with Crippen LogP contribution < -0.4 is 0 Å². The summed E-state index contributed by atoms with van der Waals surface area (Å²) < 4.78 is 0. The van der Waals surface area contributed by atoms with E-state index >= 15 is 0 Å². The first kappa shape index (κ1) is 19.7. The van der Waals surface area contributed by atoms with Crippen LogP contribution in [0.5, 0.6) is 0 Å². The summed E-state index contributed by atoms with van der Waals surface area (Å²) in [5.74, 6) is 0. The van der Waals surface area contributed by atoms with Crippen molar-refractivity contribution < 1.29 is 35.1 Å². The van der Waals surface area contributed by atoms with Crippen molar-refractivity contribution in [3.63, 3.8) is 0 Å². The first-order valence-electron chi connectivity index (χ1n) is 3.86. The monoisotopic (exact) mass is 234 g/mol. The third kappa shape index (κ3) is 87.7. The lowest BCUT2D eigenvalue weighted by Gasteiger charge is -1.90. The first-order valence-corrected chi connectivity index (χ1v) is 5.06. The van der Waals surface area contributed by atoms with Crippen LogP contribution in [0.1, 0.15) is 26.7 Å². The Morgan fingerprint density at radius 3 is 0.857 bits per heavy atom. The van der Waals surface area contributed by atoms with Crippen molar-refractivity contribution in [1.29, 1.82) is 0 Å². The van der Waals surface area contributed by atoms with Crippen LogP contribution in [0.25, 0.3) is 0 Å². The molecule has 0 aliphatic carbocycles. The van der Waals surface area contributed by atoms with E-state index < -0.39 is 21.2 Å². The fourth-order valence-corrected chi connectivity index (χ4v) is 0. The quantitative estimate of drug-likeness (QED) is 0.230. The van der Waals surface area contributed by atoms with Crippen molar-refractivity contribution in [3.8, 4) is 0 Å². The van der Waals surface area contributed by atoms with Gasteiger partial charge in [0.2, 0.25) is 0 Å². The number of aliphatic hydroxyl groups is 4. The molecule has 0 saturated heterocycles. The van der Waals surface area contributed by atoms with Gasteiger partial charge in [-0.05, 0) is 12.8 Å². The van der Waals surface area contributed by atoms with Crippen molar-refractivity contribution >= 4 is 8.60 Å². The normalized spacial score (nSPS) is 9.43. The topological polar surface area (TPSA) is 142 Å². The molecule has 90 valence electrons. The van der Waals surface area contributed by atoms with E-state index in [1.54, 1.807) is 13.8 Å². The smallest absolute Gasteiger partial charge is 0.324 e. The highest BCUT2D eigenvalue weighted by molar-refractivity contribution is 7.38. The molecule has 0 aliphatic heterocycles. The molecule has 0 aromatic heterocycles. The minimum atomic E-state index is -2.62. The Hall–Kier alpha value is 0.150. The molecule has 0 unspecified atom stereocenters. The van der Waals surface area contributed by atoms with Gasteiger partial charge in [0.1, 0.15) is 0 Å². The SMILES string of the molecule is CCC(O)O.CCC(O)O.OP(O)O. The highest BCUT2D eigenvalue weighted by atomic mass is 31.2. The van der Waals surface area contributed by atoms with Crippen LogP contribution in [0.4, 0.5) is 0 Å². The molecule has 14 heavy (non-hydrogen) atoms. The zero-order valence-corrected chi connectivity index (χ0v) is 9.04. The molecule has 0 fully saturated rings. The van der Waals surface area contributed by atoms with E-state index in [0.717, 1.165) is 0 Å². The van der Waals surface area contributed by atoms with Crippen LogP contribution in [0.2, 0.25) is 0 Å². The zero-order valence-electron chi connectivity index (χ0n) is 8.15. The fourth-order valence-electron chi connectivity index (χ4n) is 0. The van der Waals surface area contributed by atoms with Crippen LogP contribution in [0, 0.1) is 0 Å². The number of hydrogen-bond donors (Lipinski definition) is 7. The highest BCUT2D eigenvalue weighted by Gasteiger charge is 1.83. The van der Waals surface area contributed by atoms with Crippen molar-refractivity contribution in [1.82, 2.24) is 0 Å². The van der Waals surface area contributed by atoms with Crippen LogP contribution in [0.15, 0.2) is 0 Å². The van der Waals surface area contributed by atoms with Gasteiger partial charge in [-0.2, -0.15) is 0 Å². The van der Waals surface area contributed by atoms with Gasteiger partial charge in [-0.25, -0.2) is 0 Å². The van der Waals surface area contributed by atoms with Gasteiger partial charge in [0.05, 0.1) is 0 Å². The molecule has 0 radical (unpaired) electrons. The molecule has 0 saturated carbocycles. The Kier molecular flexibility index (Phi) is 22.0. The second-order valence-corrected chi connectivity index (χ2v) is 2.58. The van der Waals surface area contributed by atoms with E-state index in [9.17, 15) is 0 Å². The molecule has 0 rings (SSSR count). The van der Waals surface area contributed by atoms with Crippen molar-refractivity contribution in [2.45, 2.75) is 39.3 Å². The summed E-state index contributed by atoms with van der Waals surface area (Å²) in [5, 5.41) is 31.7. The second kappa shape index (κ2) is 15.6. The van der Waals surface area contributed by atoms with Crippen molar-refractivity contribution in [2.24, 2.45) is 0 Å². The van der Waals surface area contributed by atoms with E-state index in [1.807, 2.05) is 0 Å². The summed E-state index contributed by atoms with van der Waals surface area (Å²) in [6, 6.07) is 0. The Labute approximate surface area is 83.9 Å². The van der Waals surface area contributed by atoms with E-state index in [1.165, 1.54) is 0 Å². The molecule has 0 aliphatic rings. The minimum absolute atomic E-state index is 0.417. The number of aliphatic hydroxyl groups excluding tert-OH is 2. The van der Waals surface area contributed by atoms with Crippen LogP contribution in [-0.4, -0.2) is 47.7 Å². The van der Waals surface area contributed by atoms with Crippen LogP contribution >= 0.6 is 8.60 Å². The molecule has 0 aromatic rings. The third-order valence-corrected chi connectivity index (χ3v) is 0.730. The Morgan fingerprint density at radius 1 is 0.786 bits per heavy atom. The lowest BCUT2D eigenvalue weighted by molar-refractivity contribution is -0.0420. The largest absolute Gasteiger partial charge is 0.368 e. The Morgan fingerprint density at radius 2 is 0.857 bits per heavy atom. The predicted octanol–water partition coefficient (Wildman–Crippen LogP) is -1.40. The summed E-state index contributed by atoms with van der Waals surface area (Å²) in [6.07, 6.45) is -1.40. The molecule has 8 heteroatoms. The average Bonchev–Trinajstić information content (AvgIpc) is 2.04. The van der Waals surface area contributed by atoms with Gasteiger partial charge in [-0.15, -0.1) is 0 Å². The van der Waals surface area contributed by atoms with Gasteiger partial charge in [0.25, 0.3) is 0 Å². The fraction of sp³-hybridized carbons (Fsp3) is 1.00. The summed E-state index contributed by atoms with van der Waals surface area (Å²) in [4.78, 5) is 21.7. The van der Waals surface area contributed by atoms with E-state index in [4.69, 9.17) is 35.1 Å². The second-order valence-electron chi connectivity index (χ2n) is 2.05. The molecular weight excluding hydrogens is 215 g/mol. The van der Waals surface area contributed by atoms with Crippen LogP contribution in [0.3, 0.4) is 0 Å². The maximum Gasteiger partial charge on any atom is 0.324 e. The summed E-state index contributed by atoms with van der Waals surface area (Å²) in [7, 11) is -2.62. The maximum atomic E-state index is 7.92. The summed E-state index contributed by atoms with van der Waals surface area (Å²) >= 11 is 0. The van der Waals surface area contributed by atoms with Gasteiger partial charge >= 0.3 is 8.60 Å². The third-order valence-electron chi connectivity index (χ3n) is 0.730. The summed E-state index contributed by atoms with van der Waals surface area (Å²) in [5.41, 5.74) is 0. The van der Waals surface area contributed by atoms with Crippen LogP contribution in [-0.2, 0) is 0 Å². The molecule has 0 atom stereocenters. The van der Waals surface area contributed by atoms with Crippen molar-refractivity contribution in [2.75, 3.05) is 0 Å². The predicted molar refractivity (Wildman–Crippen MR) is 50.6 cm³/mol. The molecule has 7 N–H and O–H groups in total. The first-order chi connectivity index (χ1) is 6.27. The Bertz CT molecular complexity index is 77.5. The van der Waals surface area contributed by atoms with Gasteiger partial charge in [0.15, 0.2) is 12.6 Å². The van der Waals surface area contributed by atoms with Gasteiger partial charge in [-0.1, -0.05) is 13.8 Å². The highest BCUT2D eigenvalue weighted by Crippen LogP contribution is 2.11. The molecule has 0 heterocycles. The lowest BCUT2D eigenvalue weighted by atomic mass is 10.5. The molecule has 0 aromatic carbocycles. The Balaban J connectivity index is -0.000000131. The maximum absolute atomic E-state index is 7.92. The van der Waals surface area contributed by atoms with Gasteiger partial charge < -0.3 is 35.1 Å². The standard InChI is InChI=1S/2C3H8O2.H3O3P/c2*1-2-3(4)5;1-4(2)3/h2*3-5H,2H2,1H3;1-3H. The lowest BCUT2D eigenvalue weighted by Crippen LogP contribution is -1.99. The van der Waals surface area contributed by atoms with E-state index in [2.05, 4.69) is 0 Å².